The van der Waals surface area contributed by atoms with Gasteiger partial charge in [-0.1, -0.05) is 38.5 Å². The molecule has 0 aromatic heterocycles. The Labute approximate surface area is 414 Å². The molecular weight excluding hydrogens is 946 g/mol. The molecule has 22 heteroatoms. The van der Waals surface area contributed by atoms with Gasteiger partial charge in [-0.15, -0.1) is 0 Å². The summed E-state index contributed by atoms with van der Waals surface area (Å²) in [6, 6.07) is 0. The fourth-order valence-corrected chi connectivity index (χ4v) is 7.69. The summed E-state index contributed by atoms with van der Waals surface area (Å²) in [5.74, 6) is -13.7. The van der Waals surface area contributed by atoms with Crippen LogP contribution in [0.15, 0.2) is 0 Å². The lowest BCUT2D eigenvalue weighted by Gasteiger charge is -2.37. The first-order valence-electron chi connectivity index (χ1n) is 25.2. The normalized spacial score (nSPS) is 13.0. The van der Waals surface area contributed by atoms with Crippen LogP contribution in [0, 0.1) is 35.0 Å². The van der Waals surface area contributed by atoms with Crippen molar-refractivity contribution in [1.82, 2.24) is 26.2 Å². The number of benzene rings is 1. The minimum atomic E-state index is -2.33. The molecule has 0 spiro atoms. The summed E-state index contributed by atoms with van der Waals surface area (Å²) in [6.07, 6.45) is 8.27. The van der Waals surface area contributed by atoms with Gasteiger partial charge in [0.25, 0.3) is 0 Å². The number of carbonyl (C=O) groups excluding carboxylic acids is 6. The zero-order chi connectivity index (χ0) is 52.3. The third-order valence-electron chi connectivity index (χ3n) is 11.9. The lowest BCUT2D eigenvalue weighted by Crippen LogP contribution is -2.60. The highest BCUT2D eigenvalue weighted by molar-refractivity contribution is 5.83. The highest BCUT2D eigenvalue weighted by Gasteiger charge is 2.37. The minimum absolute atomic E-state index is 0.00862. The zero-order valence-corrected chi connectivity index (χ0v) is 41.2. The van der Waals surface area contributed by atoms with E-state index in [9.17, 15) is 50.7 Å². The maximum atomic E-state index is 14.1. The molecule has 0 radical (unpaired) electrons. The second-order valence-electron chi connectivity index (χ2n) is 17.9. The summed E-state index contributed by atoms with van der Waals surface area (Å²) < 4.78 is 86.9. The van der Waals surface area contributed by atoms with Crippen molar-refractivity contribution in [1.29, 1.82) is 0 Å². The van der Waals surface area contributed by atoms with Crippen molar-refractivity contribution in [2.24, 2.45) is 5.92 Å². The quantitative estimate of drug-likeness (QED) is 0.0213. The van der Waals surface area contributed by atoms with E-state index < -0.39 is 64.2 Å². The van der Waals surface area contributed by atoms with Crippen molar-refractivity contribution in [2.75, 3.05) is 92.2 Å². The number of halogens is 5. The van der Waals surface area contributed by atoms with Crippen molar-refractivity contribution < 1.29 is 80.2 Å². The van der Waals surface area contributed by atoms with Crippen LogP contribution in [0.4, 0.5) is 22.0 Å². The molecule has 5 amide bonds. The van der Waals surface area contributed by atoms with E-state index in [1.54, 1.807) is 0 Å². The third-order valence-corrected chi connectivity index (χ3v) is 11.9. The first-order chi connectivity index (χ1) is 34.2. The predicted octanol–water partition coefficient (Wildman–Crippen LogP) is 3.98. The van der Waals surface area contributed by atoms with Crippen molar-refractivity contribution in [2.45, 2.75) is 140 Å². The van der Waals surface area contributed by atoms with Crippen molar-refractivity contribution >= 4 is 35.3 Å². The first-order valence-corrected chi connectivity index (χ1v) is 25.2. The molecule has 1 aromatic rings. The Kier molecular flexibility index (Phi) is 33.1. The number of carbonyl (C=O) groups is 6. The van der Waals surface area contributed by atoms with E-state index in [0.717, 1.165) is 57.8 Å². The number of ether oxygens (including phenoxy) is 3. The van der Waals surface area contributed by atoms with Gasteiger partial charge < -0.3 is 55.7 Å². The Balaban J connectivity index is 2.10. The van der Waals surface area contributed by atoms with Crippen LogP contribution in [0.3, 0.4) is 0 Å². The highest BCUT2D eigenvalue weighted by Crippen LogP contribution is 2.25. The molecule has 17 nitrogen and oxygen atoms in total. The number of aliphatic hydroxyl groups excluding tert-OH is 3. The van der Waals surface area contributed by atoms with E-state index in [0.29, 0.717) is 38.9 Å². The smallest absolute Gasteiger partial charge is 0.223 e. The summed E-state index contributed by atoms with van der Waals surface area (Å²) in [4.78, 5) is 78.9. The summed E-state index contributed by atoms with van der Waals surface area (Å²) in [7, 11) is 0. The Morgan fingerprint density at radius 2 is 0.887 bits per heavy atom. The van der Waals surface area contributed by atoms with E-state index in [1.807, 2.05) is 0 Å². The Morgan fingerprint density at radius 3 is 1.28 bits per heavy atom. The molecule has 0 atom stereocenters. The average Bonchev–Trinajstić information content (AvgIpc) is 3.36. The van der Waals surface area contributed by atoms with Crippen molar-refractivity contribution in [3.63, 3.8) is 0 Å². The van der Waals surface area contributed by atoms with Crippen LogP contribution in [0.5, 0.6) is 0 Å². The van der Waals surface area contributed by atoms with Gasteiger partial charge in [0.2, 0.25) is 35.4 Å². The second-order valence-corrected chi connectivity index (χ2v) is 17.9. The molecule has 1 aliphatic heterocycles. The molecule has 2 rings (SSSR count). The Morgan fingerprint density at radius 1 is 0.507 bits per heavy atom. The largest absolute Gasteiger partial charge is 0.396 e. The number of unbranched alkanes of at least 4 members (excludes halogenated alkanes) is 9. The van der Waals surface area contributed by atoms with E-state index in [4.69, 9.17) is 29.5 Å². The molecule has 1 aliphatic rings. The van der Waals surface area contributed by atoms with Gasteiger partial charge in [0.15, 0.2) is 23.3 Å². The molecule has 1 aromatic carbocycles. The number of nitrogens with one attached hydrogen (secondary N) is 4. The SMILES string of the molecule is O=C(CCCC(=O)N1CCC(C(=O)NC(COCCC(=O)NCCCCCCO)(COCCC(=O)NCCCCCCO)COCCC(=O)NCCCCCCO)CC1)Cc1c(F)c(F)c(F)c(F)c1F. The molecule has 406 valence electrons. The number of amides is 5. The fraction of sp³-hybridized carbons (Fsp3) is 0.755. The average molecular weight is 1020 g/mol. The number of hydrogen-bond acceptors (Lipinski definition) is 12. The topological polar surface area (TPSA) is 242 Å². The third kappa shape index (κ3) is 26.3. The van der Waals surface area contributed by atoms with Gasteiger partial charge in [-0.3, -0.25) is 28.8 Å². The Hall–Kier alpha value is -4.35. The lowest BCUT2D eigenvalue weighted by atomic mass is 9.93. The summed E-state index contributed by atoms with van der Waals surface area (Å²) in [6.45, 7) is 1.38. The van der Waals surface area contributed by atoms with Crippen LogP contribution in [-0.2, 0) is 49.4 Å². The molecule has 1 saturated heterocycles. The number of aliphatic hydroxyl groups is 3. The lowest BCUT2D eigenvalue weighted by molar-refractivity contribution is -0.138. The molecule has 0 bridgehead atoms. The second kappa shape index (κ2) is 37.4. The molecule has 71 heavy (non-hydrogen) atoms. The van der Waals surface area contributed by atoms with E-state index in [1.165, 1.54) is 4.90 Å². The number of piperidine rings is 1. The monoisotopic (exact) mass is 1020 g/mol. The number of ketones is 1. The highest BCUT2D eigenvalue weighted by atomic mass is 19.2. The predicted molar refractivity (Wildman–Crippen MR) is 251 cm³/mol. The van der Waals surface area contributed by atoms with Gasteiger partial charge in [-0.2, -0.15) is 0 Å². The molecule has 1 heterocycles. The van der Waals surface area contributed by atoms with Gasteiger partial charge in [0.05, 0.1) is 39.6 Å². The van der Waals surface area contributed by atoms with Crippen LogP contribution < -0.4 is 21.3 Å². The molecule has 0 aliphatic carbocycles. The molecule has 0 unspecified atom stereocenters. The van der Waals surface area contributed by atoms with Crippen LogP contribution in [-0.4, -0.2) is 153 Å². The maximum absolute atomic E-state index is 14.1. The molecular formula is C49H78F5N5O12. The van der Waals surface area contributed by atoms with Crippen LogP contribution in [0.2, 0.25) is 0 Å². The van der Waals surface area contributed by atoms with Crippen LogP contribution in [0.1, 0.15) is 134 Å². The molecule has 1 fully saturated rings. The standard InChI is InChI=1S/C49H78F5N5O12/c50-43-38(44(51)46(53)47(54)45(43)52)32-37(63)14-13-15-42(67)59-24-16-36(17-25-59)48(68)58-49(33-69-29-18-39(64)55-21-7-1-4-10-26-60,34-70-30-19-40(65)56-22-8-2-5-11-27-61)35-71-31-20-41(66)57-23-9-3-6-12-28-62/h36,60-62H,1-35H2,(H,55,64)(H,56,65)(H,57,66)(H,58,68). The van der Waals surface area contributed by atoms with E-state index in [2.05, 4.69) is 21.3 Å². The summed E-state index contributed by atoms with van der Waals surface area (Å²) in [5.41, 5.74) is -2.61. The minimum Gasteiger partial charge on any atom is -0.396 e. The van der Waals surface area contributed by atoms with E-state index in [-0.39, 0.29) is 148 Å². The van der Waals surface area contributed by atoms with Crippen LogP contribution >= 0.6 is 0 Å². The van der Waals surface area contributed by atoms with Gasteiger partial charge in [0.1, 0.15) is 11.3 Å². The molecule has 7 N–H and O–H groups in total. The zero-order valence-electron chi connectivity index (χ0n) is 41.2. The van der Waals surface area contributed by atoms with Crippen LogP contribution in [0.25, 0.3) is 0 Å². The van der Waals surface area contributed by atoms with Gasteiger partial charge in [0, 0.05) is 103 Å². The van der Waals surface area contributed by atoms with Gasteiger partial charge in [-0.25, -0.2) is 22.0 Å². The number of likely N-dealkylation sites (tertiary alicyclic amines) is 1. The first kappa shape index (κ1) is 62.8. The van der Waals surface area contributed by atoms with E-state index >= 15 is 0 Å². The summed E-state index contributed by atoms with van der Waals surface area (Å²) >= 11 is 0. The Bertz CT molecular complexity index is 1640. The number of nitrogens with zero attached hydrogens (tertiary/aromatic N) is 1. The van der Waals surface area contributed by atoms with Crippen molar-refractivity contribution in [3.05, 3.63) is 34.6 Å². The van der Waals surface area contributed by atoms with Crippen molar-refractivity contribution in [3.8, 4) is 0 Å². The number of Topliss-reactive ketones (excluding diaryl/α,β-unsaturated/α-hetero) is 1. The number of hydrogen-bond donors (Lipinski definition) is 7. The maximum Gasteiger partial charge on any atom is 0.223 e. The fourth-order valence-electron chi connectivity index (χ4n) is 7.69. The summed E-state index contributed by atoms with van der Waals surface area (Å²) in [5, 5.41) is 38.5. The number of rotatable bonds is 41. The molecule has 0 saturated carbocycles. The van der Waals surface area contributed by atoms with Gasteiger partial charge >= 0.3 is 0 Å². The van der Waals surface area contributed by atoms with Gasteiger partial charge in [-0.05, 0) is 57.8 Å².